The third-order valence-electron chi connectivity index (χ3n) is 3.69. The van der Waals surface area contributed by atoms with Gasteiger partial charge in [-0.15, -0.1) is 0 Å². The highest BCUT2D eigenvalue weighted by Gasteiger charge is 2.24. The molecule has 0 aliphatic carbocycles. The number of unbranched alkanes of at least 4 members (excludes halogenated alkanes) is 9. The van der Waals surface area contributed by atoms with Gasteiger partial charge in [-0.1, -0.05) is 64.7 Å². The van der Waals surface area contributed by atoms with Crippen LogP contribution in [0.2, 0.25) is 0 Å². The number of hydrogen-bond acceptors (Lipinski definition) is 4. The van der Waals surface area contributed by atoms with Gasteiger partial charge in [-0.25, -0.2) is 4.57 Å². The average Bonchev–Trinajstić information content (AvgIpc) is 2.39. The molecule has 134 valence electrons. The Bertz CT molecular complexity index is 302. The first kappa shape index (κ1) is 22.0. The summed E-state index contributed by atoms with van der Waals surface area (Å²) in [5.41, 5.74) is 0. The Morgan fingerprint density at radius 3 is 1.73 bits per heavy atom. The van der Waals surface area contributed by atoms with Gasteiger partial charge in [0.15, 0.2) is 5.79 Å². The third kappa shape index (κ3) is 16.4. The van der Waals surface area contributed by atoms with E-state index in [0.29, 0.717) is 6.42 Å². The van der Waals surface area contributed by atoms with E-state index in [4.69, 9.17) is 9.79 Å². The summed E-state index contributed by atoms with van der Waals surface area (Å²) in [5, 5.41) is 19.3. The molecule has 7 heteroatoms. The van der Waals surface area contributed by atoms with E-state index in [0.717, 1.165) is 12.8 Å². The second-order valence-corrected chi connectivity index (χ2v) is 7.23. The fourth-order valence-corrected chi connectivity index (χ4v) is 2.68. The van der Waals surface area contributed by atoms with Gasteiger partial charge in [0.1, 0.15) is 0 Å². The topological polar surface area (TPSA) is 107 Å². The predicted octanol–water partition coefficient (Wildman–Crippen LogP) is 3.48. The van der Waals surface area contributed by atoms with Crippen LogP contribution in [0.4, 0.5) is 0 Å². The standard InChI is InChI=1S/C15H33O6P/c1-2-3-4-5-6-7-8-9-10-11-12-15(16,17)13-14-21-22(18,19)20/h16-17H,2-14H2,1H3,(H2,18,19,20). The Hall–Kier alpha value is 0.0300. The molecule has 0 aliphatic heterocycles. The zero-order valence-corrected chi connectivity index (χ0v) is 14.6. The van der Waals surface area contributed by atoms with Crippen LogP contribution in [0.15, 0.2) is 0 Å². The SMILES string of the molecule is CCCCCCCCCCCCC(O)(O)CCOP(=O)(O)O. The summed E-state index contributed by atoms with van der Waals surface area (Å²) in [5.74, 6) is -1.91. The van der Waals surface area contributed by atoms with Gasteiger partial charge in [0.05, 0.1) is 6.61 Å². The maximum Gasteiger partial charge on any atom is 0.469 e. The minimum Gasteiger partial charge on any atom is -0.366 e. The summed E-state index contributed by atoms with van der Waals surface area (Å²) in [6, 6.07) is 0. The third-order valence-corrected chi connectivity index (χ3v) is 4.21. The zero-order valence-electron chi connectivity index (χ0n) is 13.7. The Kier molecular flexibility index (Phi) is 12.5. The van der Waals surface area contributed by atoms with E-state index in [1.54, 1.807) is 0 Å². The van der Waals surface area contributed by atoms with Crippen LogP contribution in [0, 0.1) is 0 Å². The molecule has 0 atom stereocenters. The van der Waals surface area contributed by atoms with Crippen molar-refractivity contribution in [3.63, 3.8) is 0 Å². The Morgan fingerprint density at radius 1 is 0.818 bits per heavy atom. The molecule has 0 heterocycles. The van der Waals surface area contributed by atoms with Crippen LogP contribution >= 0.6 is 7.82 Å². The molecule has 0 saturated heterocycles. The van der Waals surface area contributed by atoms with Crippen molar-refractivity contribution in [3.8, 4) is 0 Å². The average molecular weight is 340 g/mol. The number of aliphatic hydroxyl groups is 2. The minimum absolute atomic E-state index is 0.199. The molecule has 22 heavy (non-hydrogen) atoms. The Labute approximate surface area is 134 Å². The highest BCUT2D eigenvalue weighted by Crippen LogP contribution is 2.36. The van der Waals surface area contributed by atoms with Crippen LogP contribution in [0.3, 0.4) is 0 Å². The van der Waals surface area contributed by atoms with Crippen LogP contribution in [0.5, 0.6) is 0 Å². The van der Waals surface area contributed by atoms with Crippen molar-refractivity contribution in [3.05, 3.63) is 0 Å². The highest BCUT2D eigenvalue weighted by molar-refractivity contribution is 7.46. The molecule has 0 saturated carbocycles. The molecule has 0 rings (SSSR count). The molecular formula is C15H33O6P. The summed E-state index contributed by atoms with van der Waals surface area (Å²) < 4.78 is 14.7. The second kappa shape index (κ2) is 12.5. The van der Waals surface area contributed by atoms with Gasteiger partial charge >= 0.3 is 7.82 Å². The first-order chi connectivity index (χ1) is 10.3. The van der Waals surface area contributed by atoms with Gasteiger partial charge in [-0.05, 0) is 6.42 Å². The lowest BCUT2D eigenvalue weighted by Gasteiger charge is -2.21. The Morgan fingerprint density at radius 2 is 1.27 bits per heavy atom. The minimum atomic E-state index is -4.53. The Balaban J connectivity index is 3.43. The zero-order chi connectivity index (χ0) is 16.9. The van der Waals surface area contributed by atoms with Crippen molar-refractivity contribution in [1.29, 1.82) is 0 Å². The first-order valence-electron chi connectivity index (χ1n) is 8.42. The molecule has 0 aromatic heterocycles. The predicted molar refractivity (Wildman–Crippen MR) is 86.2 cm³/mol. The molecule has 0 aliphatic rings. The highest BCUT2D eigenvalue weighted by atomic mass is 31.2. The summed E-state index contributed by atoms with van der Waals surface area (Å²) >= 11 is 0. The molecule has 0 fully saturated rings. The molecule has 0 radical (unpaired) electrons. The van der Waals surface area contributed by atoms with Crippen molar-refractivity contribution in [2.75, 3.05) is 6.61 Å². The molecule has 0 aromatic rings. The summed E-state index contributed by atoms with van der Waals surface area (Å²) in [7, 11) is -4.53. The van der Waals surface area contributed by atoms with E-state index in [1.165, 1.54) is 44.9 Å². The van der Waals surface area contributed by atoms with Gasteiger partial charge in [0.25, 0.3) is 0 Å². The van der Waals surface area contributed by atoms with Crippen LogP contribution < -0.4 is 0 Å². The molecule has 0 amide bonds. The summed E-state index contributed by atoms with van der Waals surface area (Å²) in [6.07, 6.45) is 11.6. The monoisotopic (exact) mass is 340 g/mol. The normalized spacial score (nSPS) is 12.8. The molecule has 0 aromatic carbocycles. The van der Waals surface area contributed by atoms with E-state index in [-0.39, 0.29) is 19.4 Å². The van der Waals surface area contributed by atoms with E-state index < -0.39 is 13.6 Å². The fourth-order valence-electron chi connectivity index (χ4n) is 2.35. The van der Waals surface area contributed by atoms with Gasteiger partial charge in [0.2, 0.25) is 0 Å². The van der Waals surface area contributed by atoms with Crippen LogP contribution in [0.25, 0.3) is 0 Å². The smallest absolute Gasteiger partial charge is 0.366 e. The van der Waals surface area contributed by atoms with E-state index in [2.05, 4.69) is 11.4 Å². The lowest BCUT2D eigenvalue weighted by molar-refractivity contribution is -0.175. The van der Waals surface area contributed by atoms with Gasteiger partial charge < -0.3 is 20.0 Å². The van der Waals surface area contributed by atoms with Gasteiger partial charge in [-0.3, -0.25) is 4.52 Å². The summed E-state index contributed by atoms with van der Waals surface area (Å²) in [4.78, 5) is 17.0. The lowest BCUT2D eigenvalue weighted by Crippen LogP contribution is -2.29. The molecule has 0 unspecified atom stereocenters. The van der Waals surface area contributed by atoms with Crippen molar-refractivity contribution in [1.82, 2.24) is 0 Å². The molecular weight excluding hydrogens is 307 g/mol. The lowest BCUT2D eigenvalue weighted by atomic mass is 10.0. The van der Waals surface area contributed by atoms with Crippen LogP contribution in [-0.2, 0) is 9.09 Å². The molecule has 6 nitrogen and oxygen atoms in total. The van der Waals surface area contributed by atoms with Crippen molar-refractivity contribution in [2.24, 2.45) is 0 Å². The van der Waals surface area contributed by atoms with E-state index >= 15 is 0 Å². The molecule has 0 spiro atoms. The molecule has 4 N–H and O–H groups in total. The van der Waals surface area contributed by atoms with Crippen LogP contribution in [-0.4, -0.2) is 32.4 Å². The number of phosphoric ester groups is 1. The molecule has 0 bridgehead atoms. The van der Waals surface area contributed by atoms with E-state index in [9.17, 15) is 14.8 Å². The van der Waals surface area contributed by atoms with Gasteiger partial charge in [0, 0.05) is 12.8 Å². The van der Waals surface area contributed by atoms with Crippen molar-refractivity contribution < 1.29 is 29.1 Å². The number of hydrogen-bond donors (Lipinski definition) is 4. The quantitative estimate of drug-likeness (QED) is 0.206. The van der Waals surface area contributed by atoms with Crippen molar-refractivity contribution >= 4 is 7.82 Å². The van der Waals surface area contributed by atoms with E-state index in [1.807, 2.05) is 0 Å². The fraction of sp³-hybridized carbons (Fsp3) is 1.00. The second-order valence-electron chi connectivity index (χ2n) is 5.99. The number of rotatable bonds is 15. The van der Waals surface area contributed by atoms with Gasteiger partial charge in [-0.2, -0.15) is 0 Å². The maximum absolute atomic E-state index is 10.5. The van der Waals surface area contributed by atoms with Crippen molar-refractivity contribution in [2.45, 2.75) is 89.8 Å². The summed E-state index contributed by atoms with van der Waals surface area (Å²) in [6.45, 7) is 1.84. The largest absolute Gasteiger partial charge is 0.469 e. The van der Waals surface area contributed by atoms with Crippen LogP contribution in [0.1, 0.15) is 84.0 Å². The number of phosphoric acid groups is 1. The first-order valence-corrected chi connectivity index (χ1v) is 9.95. The maximum atomic E-state index is 10.5.